The lowest BCUT2D eigenvalue weighted by Crippen LogP contribution is -2.20. The van der Waals surface area contributed by atoms with Crippen LogP contribution < -0.4 is 0 Å². The molecule has 0 fully saturated rings. The minimum absolute atomic E-state index is 0.447. The summed E-state index contributed by atoms with van der Waals surface area (Å²) >= 11 is 6.15. The molecule has 0 saturated heterocycles. The van der Waals surface area contributed by atoms with E-state index in [9.17, 15) is 9.90 Å². The van der Waals surface area contributed by atoms with E-state index < -0.39 is 11.9 Å². The number of rotatable bonds is 5. The summed E-state index contributed by atoms with van der Waals surface area (Å²) in [7, 11) is 0. The molecule has 0 aromatic heterocycles. The van der Waals surface area contributed by atoms with Gasteiger partial charge in [0.2, 0.25) is 0 Å². The highest BCUT2D eigenvalue weighted by atomic mass is 35.5. The molecule has 0 aliphatic carbocycles. The van der Waals surface area contributed by atoms with Gasteiger partial charge in [0.05, 0.1) is 5.92 Å². The van der Waals surface area contributed by atoms with Gasteiger partial charge in [0.25, 0.3) is 0 Å². The van der Waals surface area contributed by atoms with Crippen LogP contribution in [0, 0.1) is 19.8 Å². The maximum Gasteiger partial charge on any atom is 0.307 e. The van der Waals surface area contributed by atoms with E-state index in [0.29, 0.717) is 17.9 Å². The van der Waals surface area contributed by atoms with E-state index in [-0.39, 0.29) is 0 Å². The summed E-state index contributed by atoms with van der Waals surface area (Å²) in [5.74, 6) is -1.25. The fourth-order valence-electron chi connectivity index (χ4n) is 2.59. The first kappa shape index (κ1) is 15.6. The normalized spacial score (nSPS) is 12.1. The summed E-state index contributed by atoms with van der Waals surface area (Å²) in [6.45, 7) is 4.05. The molecule has 2 aromatic rings. The van der Waals surface area contributed by atoms with E-state index in [1.54, 1.807) is 6.07 Å². The molecule has 0 aliphatic rings. The van der Waals surface area contributed by atoms with Crippen LogP contribution in [0.3, 0.4) is 0 Å². The Hall–Kier alpha value is -1.80. The van der Waals surface area contributed by atoms with Gasteiger partial charge in [-0.3, -0.25) is 4.79 Å². The summed E-state index contributed by atoms with van der Waals surface area (Å²) in [4.78, 5) is 11.6. The van der Waals surface area contributed by atoms with E-state index in [1.807, 2.05) is 50.2 Å². The van der Waals surface area contributed by atoms with Crippen molar-refractivity contribution in [3.8, 4) is 0 Å². The number of aliphatic carboxylic acids is 1. The Labute approximate surface area is 130 Å². The summed E-state index contributed by atoms with van der Waals surface area (Å²) < 4.78 is 0. The van der Waals surface area contributed by atoms with E-state index in [0.717, 1.165) is 22.3 Å². The van der Waals surface area contributed by atoms with Crippen LogP contribution in [0.25, 0.3) is 0 Å². The Morgan fingerprint density at radius 3 is 2.24 bits per heavy atom. The van der Waals surface area contributed by atoms with Gasteiger partial charge in [-0.1, -0.05) is 48.0 Å². The van der Waals surface area contributed by atoms with E-state index >= 15 is 0 Å². The molecular weight excluding hydrogens is 284 g/mol. The van der Waals surface area contributed by atoms with Gasteiger partial charge < -0.3 is 5.11 Å². The topological polar surface area (TPSA) is 37.3 Å². The molecule has 2 aromatic carbocycles. The Morgan fingerprint density at radius 2 is 1.67 bits per heavy atom. The lowest BCUT2D eigenvalue weighted by molar-refractivity contribution is -0.141. The quantitative estimate of drug-likeness (QED) is 0.886. The average Bonchev–Trinajstić information content (AvgIpc) is 2.43. The maximum atomic E-state index is 11.6. The highest BCUT2D eigenvalue weighted by Gasteiger charge is 2.21. The molecule has 0 radical (unpaired) electrons. The average molecular weight is 303 g/mol. The molecule has 0 bridgehead atoms. The second-order valence-corrected chi connectivity index (χ2v) is 5.81. The third kappa shape index (κ3) is 3.85. The van der Waals surface area contributed by atoms with Crippen molar-refractivity contribution in [3.05, 3.63) is 69.7 Å². The number of hydrogen-bond donors (Lipinski definition) is 1. The van der Waals surface area contributed by atoms with Gasteiger partial charge in [-0.25, -0.2) is 0 Å². The number of benzene rings is 2. The predicted molar refractivity (Wildman–Crippen MR) is 85.9 cm³/mol. The molecule has 110 valence electrons. The monoisotopic (exact) mass is 302 g/mol. The molecular formula is C18H19ClO2. The van der Waals surface area contributed by atoms with Crippen LogP contribution in [0.2, 0.25) is 5.02 Å². The minimum atomic E-state index is -0.780. The Bertz CT molecular complexity index is 629. The molecule has 0 amide bonds. The van der Waals surface area contributed by atoms with Gasteiger partial charge in [-0.15, -0.1) is 0 Å². The van der Waals surface area contributed by atoms with Gasteiger partial charge in [0, 0.05) is 5.02 Å². The van der Waals surface area contributed by atoms with Crippen molar-refractivity contribution < 1.29 is 9.90 Å². The zero-order chi connectivity index (χ0) is 15.4. The molecule has 21 heavy (non-hydrogen) atoms. The molecule has 2 rings (SSSR count). The Balaban J connectivity index is 2.25. The third-order valence-corrected chi connectivity index (χ3v) is 4.24. The van der Waals surface area contributed by atoms with Crippen molar-refractivity contribution >= 4 is 17.6 Å². The van der Waals surface area contributed by atoms with Gasteiger partial charge >= 0.3 is 5.97 Å². The highest BCUT2D eigenvalue weighted by Crippen LogP contribution is 2.24. The van der Waals surface area contributed by atoms with Crippen molar-refractivity contribution in [2.45, 2.75) is 26.7 Å². The summed E-state index contributed by atoms with van der Waals surface area (Å²) in [5.41, 5.74) is 4.29. The lowest BCUT2D eigenvalue weighted by atomic mass is 9.89. The molecule has 1 N–H and O–H groups in total. The molecule has 2 nitrogen and oxygen atoms in total. The van der Waals surface area contributed by atoms with Crippen LogP contribution in [-0.2, 0) is 17.6 Å². The first-order chi connectivity index (χ1) is 9.99. The second kappa shape index (κ2) is 6.77. The number of carboxylic acid groups (broad SMARTS) is 1. The SMILES string of the molecule is Cc1cccc(C)c1CC(Cc1ccccc1Cl)C(=O)O. The number of carboxylic acids is 1. The third-order valence-electron chi connectivity index (χ3n) is 3.87. The van der Waals surface area contributed by atoms with Gasteiger partial charge in [-0.05, 0) is 55.0 Å². The molecule has 3 heteroatoms. The molecule has 0 aliphatic heterocycles. The van der Waals surface area contributed by atoms with E-state index in [4.69, 9.17) is 11.6 Å². The van der Waals surface area contributed by atoms with Crippen LogP contribution in [0.1, 0.15) is 22.3 Å². The van der Waals surface area contributed by atoms with Gasteiger partial charge in [-0.2, -0.15) is 0 Å². The van der Waals surface area contributed by atoms with E-state index in [2.05, 4.69) is 0 Å². The van der Waals surface area contributed by atoms with Crippen LogP contribution >= 0.6 is 11.6 Å². The highest BCUT2D eigenvalue weighted by molar-refractivity contribution is 6.31. The zero-order valence-corrected chi connectivity index (χ0v) is 13.0. The largest absolute Gasteiger partial charge is 0.481 e. The first-order valence-corrected chi connectivity index (χ1v) is 7.38. The van der Waals surface area contributed by atoms with Gasteiger partial charge in [0.15, 0.2) is 0 Å². The number of carbonyl (C=O) groups is 1. The number of hydrogen-bond acceptors (Lipinski definition) is 1. The number of aryl methyl sites for hydroxylation is 2. The summed E-state index contributed by atoms with van der Waals surface area (Å²) in [5, 5.41) is 10.2. The van der Waals surface area contributed by atoms with Crippen LogP contribution in [0.4, 0.5) is 0 Å². The standard InChI is InChI=1S/C18H19ClO2/c1-12-6-5-7-13(2)16(12)11-15(18(20)21)10-14-8-3-4-9-17(14)19/h3-9,15H,10-11H2,1-2H3,(H,20,21). The molecule has 1 atom stereocenters. The molecule has 0 heterocycles. The summed E-state index contributed by atoms with van der Waals surface area (Å²) in [6, 6.07) is 13.5. The fourth-order valence-corrected chi connectivity index (χ4v) is 2.81. The Morgan fingerprint density at radius 1 is 1.05 bits per heavy atom. The molecule has 1 unspecified atom stereocenters. The molecule has 0 spiro atoms. The zero-order valence-electron chi connectivity index (χ0n) is 12.3. The number of halogens is 1. The van der Waals surface area contributed by atoms with E-state index in [1.165, 1.54) is 0 Å². The predicted octanol–water partition coefficient (Wildman–Crippen LogP) is 4.44. The van der Waals surface area contributed by atoms with Crippen LogP contribution in [0.5, 0.6) is 0 Å². The lowest BCUT2D eigenvalue weighted by Gasteiger charge is -2.16. The second-order valence-electron chi connectivity index (χ2n) is 5.41. The fraction of sp³-hybridized carbons (Fsp3) is 0.278. The first-order valence-electron chi connectivity index (χ1n) is 7.00. The minimum Gasteiger partial charge on any atom is -0.481 e. The van der Waals surface area contributed by atoms with Crippen molar-refractivity contribution in [2.24, 2.45) is 5.92 Å². The maximum absolute atomic E-state index is 11.6. The molecule has 0 saturated carbocycles. The van der Waals surface area contributed by atoms with Crippen molar-refractivity contribution in [3.63, 3.8) is 0 Å². The Kier molecular flexibility index (Phi) is 5.03. The van der Waals surface area contributed by atoms with Crippen LogP contribution in [0.15, 0.2) is 42.5 Å². The van der Waals surface area contributed by atoms with Crippen molar-refractivity contribution in [2.75, 3.05) is 0 Å². The summed E-state index contributed by atoms with van der Waals surface area (Å²) in [6.07, 6.45) is 0.974. The smallest absolute Gasteiger partial charge is 0.307 e. The van der Waals surface area contributed by atoms with Crippen molar-refractivity contribution in [1.29, 1.82) is 0 Å². The van der Waals surface area contributed by atoms with Gasteiger partial charge in [0.1, 0.15) is 0 Å². The van der Waals surface area contributed by atoms with Crippen molar-refractivity contribution in [1.82, 2.24) is 0 Å². The van der Waals surface area contributed by atoms with Crippen LogP contribution in [-0.4, -0.2) is 11.1 Å².